The Balaban J connectivity index is 1.82. The highest BCUT2D eigenvalue weighted by molar-refractivity contribution is 8.00. The van der Waals surface area contributed by atoms with Gasteiger partial charge in [-0.25, -0.2) is 4.39 Å². The molecule has 0 aliphatic heterocycles. The summed E-state index contributed by atoms with van der Waals surface area (Å²) in [6, 6.07) is 16.6. The molecular weight excluding hydrogens is 335 g/mol. The molecule has 2 N–H and O–H groups in total. The number of nitriles is 1. The summed E-state index contributed by atoms with van der Waals surface area (Å²) in [5, 5.41) is 15.5. The third-order valence-electron chi connectivity index (χ3n) is 3.49. The second kappa shape index (κ2) is 9.70. The Labute approximate surface area is 152 Å². The molecule has 0 bridgehead atoms. The predicted octanol–water partition coefficient (Wildman–Crippen LogP) is 3.54. The van der Waals surface area contributed by atoms with Crippen LogP contribution in [0.5, 0.6) is 0 Å². The quantitative estimate of drug-likeness (QED) is 0.472. The summed E-state index contributed by atoms with van der Waals surface area (Å²) in [6.07, 6.45) is 0. The number of thioether (sulfide) groups is 1. The summed E-state index contributed by atoms with van der Waals surface area (Å²) in [5.41, 5.74) is 0.809. The van der Waals surface area contributed by atoms with Gasteiger partial charge in [0.25, 0.3) is 0 Å². The molecule has 0 aromatic heterocycles. The standard InChI is InChI=1S/C19H21FN4S/c1-14(25-17-6-4-3-5-7-17)12-23-19(22-2)24-13-16-9-8-15(11-21)10-18(16)20/h3-10,14H,12-13H2,1-2H3,(H2,22,23,24). The van der Waals surface area contributed by atoms with E-state index in [0.29, 0.717) is 28.9 Å². The molecule has 130 valence electrons. The van der Waals surface area contributed by atoms with Crippen LogP contribution in [0.1, 0.15) is 18.1 Å². The van der Waals surface area contributed by atoms with Crippen LogP contribution in [0, 0.1) is 17.1 Å². The molecule has 0 aliphatic carbocycles. The van der Waals surface area contributed by atoms with Crippen LogP contribution in [-0.2, 0) is 6.54 Å². The fourth-order valence-electron chi connectivity index (χ4n) is 2.17. The maximum Gasteiger partial charge on any atom is 0.191 e. The Morgan fingerprint density at radius 3 is 2.64 bits per heavy atom. The minimum atomic E-state index is -0.394. The molecule has 2 aromatic rings. The fraction of sp³-hybridized carbons (Fsp3) is 0.263. The molecule has 0 saturated carbocycles. The number of hydrogen-bond donors (Lipinski definition) is 2. The lowest BCUT2D eigenvalue weighted by molar-refractivity contribution is 0.604. The molecule has 25 heavy (non-hydrogen) atoms. The van der Waals surface area contributed by atoms with E-state index in [1.807, 2.05) is 24.3 Å². The third kappa shape index (κ3) is 6.12. The fourth-order valence-corrected chi connectivity index (χ4v) is 3.12. The highest BCUT2D eigenvalue weighted by Gasteiger charge is 2.07. The van der Waals surface area contributed by atoms with Crippen molar-refractivity contribution in [1.82, 2.24) is 10.6 Å². The molecule has 0 heterocycles. The minimum absolute atomic E-state index is 0.303. The zero-order valence-corrected chi connectivity index (χ0v) is 15.1. The molecule has 0 aliphatic rings. The second-order valence-corrected chi connectivity index (χ2v) is 6.98. The van der Waals surface area contributed by atoms with Crippen molar-refractivity contribution in [3.05, 3.63) is 65.5 Å². The van der Waals surface area contributed by atoms with E-state index in [1.54, 1.807) is 30.9 Å². The summed E-state index contributed by atoms with van der Waals surface area (Å²) in [6.45, 7) is 3.17. The van der Waals surface area contributed by atoms with E-state index in [4.69, 9.17) is 5.26 Å². The Kier molecular flexibility index (Phi) is 7.30. The van der Waals surface area contributed by atoms with Gasteiger partial charge in [-0.2, -0.15) is 5.26 Å². The van der Waals surface area contributed by atoms with Crippen molar-refractivity contribution < 1.29 is 4.39 Å². The number of rotatable bonds is 6. The normalized spacial score (nSPS) is 12.3. The van der Waals surface area contributed by atoms with Crippen LogP contribution in [0.25, 0.3) is 0 Å². The molecule has 6 heteroatoms. The summed E-state index contributed by atoms with van der Waals surface area (Å²) in [5.74, 6) is 0.222. The largest absolute Gasteiger partial charge is 0.355 e. The number of guanidine groups is 1. The summed E-state index contributed by atoms with van der Waals surface area (Å²) >= 11 is 1.78. The summed E-state index contributed by atoms with van der Waals surface area (Å²) in [7, 11) is 1.68. The molecule has 0 saturated heterocycles. The molecule has 0 radical (unpaired) electrons. The van der Waals surface area contributed by atoms with E-state index in [0.717, 1.165) is 6.54 Å². The first-order valence-corrected chi connectivity index (χ1v) is 8.85. The number of hydrogen-bond acceptors (Lipinski definition) is 3. The number of halogens is 1. The van der Waals surface area contributed by atoms with E-state index in [-0.39, 0.29) is 0 Å². The Morgan fingerprint density at radius 2 is 2.00 bits per heavy atom. The highest BCUT2D eigenvalue weighted by atomic mass is 32.2. The van der Waals surface area contributed by atoms with Crippen molar-refractivity contribution in [2.45, 2.75) is 23.6 Å². The van der Waals surface area contributed by atoms with Crippen LogP contribution < -0.4 is 10.6 Å². The van der Waals surface area contributed by atoms with Crippen LogP contribution in [0.15, 0.2) is 58.4 Å². The molecule has 0 fully saturated rings. The lowest BCUT2D eigenvalue weighted by atomic mass is 10.1. The van der Waals surface area contributed by atoms with E-state index in [1.165, 1.54) is 11.0 Å². The molecule has 2 rings (SSSR count). The molecule has 2 aromatic carbocycles. The first kappa shape index (κ1) is 18.8. The van der Waals surface area contributed by atoms with Crippen LogP contribution in [0.4, 0.5) is 4.39 Å². The van der Waals surface area contributed by atoms with Gasteiger partial charge in [0.05, 0.1) is 11.6 Å². The van der Waals surface area contributed by atoms with Gasteiger partial charge in [0.1, 0.15) is 5.82 Å². The smallest absolute Gasteiger partial charge is 0.191 e. The predicted molar refractivity (Wildman–Crippen MR) is 101 cm³/mol. The van der Waals surface area contributed by atoms with Gasteiger partial charge in [-0.1, -0.05) is 31.2 Å². The van der Waals surface area contributed by atoms with Crippen LogP contribution in [0.2, 0.25) is 0 Å². The van der Waals surface area contributed by atoms with Crippen molar-refractivity contribution in [3.63, 3.8) is 0 Å². The molecule has 0 amide bonds. The number of aliphatic imine (C=N–C) groups is 1. The summed E-state index contributed by atoms with van der Waals surface area (Å²) in [4.78, 5) is 5.38. The van der Waals surface area contributed by atoms with Crippen LogP contribution in [-0.4, -0.2) is 24.8 Å². The average molecular weight is 356 g/mol. The van der Waals surface area contributed by atoms with E-state index >= 15 is 0 Å². The lowest BCUT2D eigenvalue weighted by Crippen LogP contribution is -2.39. The van der Waals surface area contributed by atoms with Crippen molar-refractivity contribution in [2.24, 2.45) is 4.99 Å². The van der Waals surface area contributed by atoms with Gasteiger partial charge < -0.3 is 10.6 Å². The van der Waals surface area contributed by atoms with Gasteiger partial charge in [0, 0.05) is 35.8 Å². The zero-order valence-electron chi connectivity index (χ0n) is 14.3. The average Bonchev–Trinajstić information content (AvgIpc) is 2.63. The minimum Gasteiger partial charge on any atom is -0.355 e. The van der Waals surface area contributed by atoms with Crippen LogP contribution >= 0.6 is 11.8 Å². The van der Waals surface area contributed by atoms with Gasteiger partial charge in [0.15, 0.2) is 5.96 Å². The molecule has 0 spiro atoms. The van der Waals surface area contributed by atoms with Gasteiger partial charge in [-0.05, 0) is 24.3 Å². The maximum atomic E-state index is 13.9. The first-order chi connectivity index (χ1) is 12.1. The van der Waals surface area contributed by atoms with Crippen LogP contribution in [0.3, 0.4) is 0 Å². The SMILES string of the molecule is CN=C(NCc1ccc(C#N)cc1F)NCC(C)Sc1ccccc1. The topological polar surface area (TPSA) is 60.2 Å². The molecule has 1 unspecified atom stereocenters. The Morgan fingerprint density at radius 1 is 1.24 bits per heavy atom. The van der Waals surface area contributed by atoms with Crippen molar-refractivity contribution >= 4 is 17.7 Å². The van der Waals surface area contributed by atoms with Crippen molar-refractivity contribution in [2.75, 3.05) is 13.6 Å². The molecule has 4 nitrogen and oxygen atoms in total. The lowest BCUT2D eigenvalue weighted by Gasteiger charge is -2.16. The van der Waals surface area contributed by atoms with E-state index < -0.39 is 5.82 Å². The van der Waals surface area contributed by atoms with Gasteiger partial charge in [0.2, 0.25) is 0 Å². The van der Waals surface area contributed by atoms with Gasteiger partial charge in [-0.15, -0.1) is 11.8 Å². The van der Waals surface area contributed by atoms with E-state index in [9.17, 15) is 4.39 Å². The Bertz CT molecular complexity index is 756. The third-order valence-corrected chi connectivity index (χ3v) is 4.60. The molecular formula is C19H21FN4S. The molecule has 1 atom stereocenters. The second-order valence-electron chi connectivity index (χ2n) is 5.47. The van der Waals surface area contributed by atoms with Gasteiger partial charge in [-0.3, -0.25) is 4.99 Å². The zero-order chi connectivity index (χ0) is 18.1. The maximum absolute atomic E-state index is 13.9. The monoisotopic (exact) mass is 356 g/mol. The first-order valence-electron chi connectivity index (χ1n) is 7.97. The number of nitrogens with zero attached hydrogens (tertiary/aromatic N) is 2. The van der Waals surface area contributed by atoms with Crippen molar-refractivity contribution in [1.29, 1.82) is 5.26 Å². The number of nitrogens with one attached hydrogen (secondary N) is 2. The Hall–Kier alpha value is -2.52. The van der Waals surface area contributed by atoms with Gasteiger partial charge >= 0.3 is 0 Å². The number of benzene rings is 2. The van der Waals surface area contributed by atoms with E-state index in [2.05, 4.69) is 34.7 Å². The van der Waals surface area contributed by atoms with Crippen molar-refractivity contribution in [3.8, 4) is 6.07 Å². The summed E-state index contributed by atoms with van der Waals surface area (Å²) < 4.78 is 13.9. The highest BCUT2D eigenvalue weighted by Crippen LogP contribution is 2.21.